The van der Waals surface area contributed by atoms with Crippen LogP contribution in [-0.4, -0.2) is 64.2 Å². The van der Waals surface area contributed by atoms with Crippen molar-refractivity contribution >= 4 is 18.0 Å². The second-order valence-corrected chi connectivity index (χ2v) is 3.72. The summed E-state index contributed by atoms with van der Waals surface area (Å²) in [7, 11) is 1.34. The van der Waals surface area contributed by atoms with Crippen LogP contribution < -0.4 is 0 Å². The molecule has 90 valence electrons. The molecule has 0 aromatic rings. The summed E-state index contributed by atoms with van der Waals surface area (Å²) in [6, 6.07) is -1.38. The molecule has 7 nitrogen and oxygen atoms in total. The molecule has 1 aliphatic heterocycles. The minimum Gasteiger partial charge on any atom is -0.480 e. The number of hydrogen-bond acceptors (Lipinski definition) is 3. The van der Waals surface area contributed by atoms with Gasteiger partial charge in [0.1, 0.15) is 12.6 Å². The van der Waals surface area contributed by atoms with Crippen LogP contribution in [0.5, 0.6) is 0 Å². The van der Waals surface area contributed by atoms with Crippen LogP contribution in [0.25, 0.3) is 0 Å². The van der Waals surface area contributed by atoms with Crippen molar-refractivity contribution in [2.75, 3.05) is 20.1 Å². The average Bonchev–Trinajstić information content (AvgIpc) is 2.63. The lowest BCUT2D eigenvalue weighted by Gasteiger charge is -2.26. The van der Waals surface area contributed by atoms with Crippen molar-refractivity contribution in [3.8, 4) is 0 Å². The molecule has 1 rings (SSSR count). The average molecular weight is 230 g/mol. The van der Waals surface area contributed by atoms with Gasteiger partial charge in [-0.2, -0.15) is 0 Å². The maximum atomic E-state index is 11.7. The van der Waals surface area contributed by atoms with Crippen LogP contribution in [0.2, 0.25) is 0 Å². The fraction of sp³-hybridized carbons (Fsp3) is 0.667. The minimum absolute atomic E-state index is 0.361. The van der Waals surface area contributed by atoms with E-state index < -0.39 is 30.6 Å². The summed E-state index contributed by atoms with van der Waals surface area (Å²) in [4.78, 5) is 35.2. The van der Waals surface area contributed by atoms with E-state index in [9.17, 15) is 14.4 Å². The third-order valence-corrected chi connectivity index (χ3v) is 2.48. The number of carbonyl (C=O) groups excluding carboxylic acids is 1. The molecule has 0 aromatic carbocycles. The third-order valence-electron chi connectivity index (χ3n) is 2.48. The molecular weight excluding hydrogens is 216 g/mol. The molecule has 0 aromatic heterocycles. The number of carboxylic acid groups (broad SMARTS) is 2. The molecule has 16 heavy (non-hydrogen) atoms. The highest BCUT2D eigenvalue weighted by Gasteiger charge is 2.35. The summed E-state index contributed by atoms with van der Waals surface area (Å²) in [5, 5.41) is 17.4. The Morgan fingerprint density at radius 1 is 1.38 bits per heavy atom. The number of hydrogen-bond donors (Lipinski definition) is 2. The predicted molar refractivity (Wildman–Crippen MR) is 53.0 cm³/mol. The number of nitrogens with zero attached hydrogens (tertiary/aromatic N) is 2. The number of aliphatic carboxylic acids is 2. The summed E-state index contributed by atoms with van der Waals surface area (Å²) in [5.41, 5.74) is 0. The van der Waals surface area contributed by atoms with Crippen molar-refractivity contribution in [3.63, 3.8) is 0 Å². The fourth-order valence-electron chi connectivity index (χ4n) is 1.74. The lowest BCUT2D eigenvalue weighted by Crippen LogP contribution is -2.47. The largest absolute Gasteiger partial charge is 0.480 e. The van der Waals surface area contributed by atoms with Crippen molar-refractivity contribution in [2.24, 2.45) is 0 Å². The first kappa shape index (κ1) is 12.3. The topological polar surface area (TPSA) is 98.2 Å². The van der Waals surface area contributed by atoms with Gasteiger partial charge in [0.15, 0.2) is 0 Å². The second-order valence-electron chi connectivity index (χ2n) is 3.72. The van der Waals surface area contributed by atoms with Gasteiger partial charge in [-0.05, 0) is 12.8 Å². The normalized spacial score (nSPS) is 19.6. The zero-order valence-electron chi connectivity index (χ0n) is 8.92. The molecule has 0 spiro atoms. The van der Waals surface area contributed by atoms with Gasteiger partial charge in [-0.15, -0.1) is 0 Å². The van der Waals surface area contributed by atoms with E-state index in [0.29, 0.717) is 19.4 Å². The number of likely N-dealkylation sites (tertiary alicyclic amines) is 1. The van der Waals surface area contributed by atoms with Gasteiger partial charge in [0.2, 0.25) is 0 Å². The molecule has 1 saturated heterocycles. The van der Waals surface area contributed by atoms with Crippen molar-refractivity contribution in [2.45, 2.75) is 18.9 Å². The van der Waals surface area contributed by atoms with Gasteiger partial charge in [0.25, 0.3) is 0 Å². The Morgan fingerprint density at radius 2 is 2.00 bits per heavy atom. The lowest BCUT2D eigenvalue weighted by molar-refractivity contribution is -0.141. The Labute approximate surface area is 92.2 Å². The number of amides is 2. The van der Waals surface area contributed by atoms with Crippen LogP contribution in [0.4, 0.5) is 4.79 Å². The number of rotatable bonds is 3. The second kappa shape index (κ2) is 4.82. The van der Waals surface area contributed by atoms with Crippen LogP contribution in [0, 0.1) is 0 Å². The molecule has 0 radical (unpaired) electrons. The molecule has 2 amide bonds. The smallest absolute Gasteiger partial charge is 0.326 e. The summed E-state index contributed by atoms with van der Waals surface area (Å²) in [5.74, 6) is -2.17. The summed E-state index contributed by atoms with van der Waals surface area (Å²) < 4.78 is 0. The Balaban J connectivity index is 2.65. The lowest BCUT2D eigenvalue weighted by atomic mass is 10.2. The van der Waals surface area contributed by atoms with Gasteiger partial charge in [-0.1, -0.05) is 0 Å². The highest BCUT2D eigenvalue weighted by molar-refractivity contribution is 5.85. The molecular formula is C9H14N2O5. The number of carbonyl (C=O) groups is 3. The molecule has 0 saturated carbocycles. The molecule has 7 heteroatoms. The van der Waals surface area contributed by atoms with Gasteiger partial charge in [0.05, 0.1) is 0 Å². The number of likely N-dealkylation sites (N-methyl/N-ethyl adjacent to an activating group) is 1. The molecule has 1 fully saturated rings. The van der Waals surface area contributed by atoms with Crippen LogP contribution in [0.15, 0.2) is 0 Å². The Bertz CT molecular complexity index is 317. The Hall–Kier alpha value is -1.79. The van der Waals surface area contributed by atoms with E-state index in [4.69, 9.17) is 10.2 Å². The first-order chi connectivity index (χ1) is 7.43. The quantitative estimate of drug-likeness (QED) is 0.691. The van der Waals surface area contributed by atoms with E-state index in [0.717, 1.165) is 4.90 Å². The van der Waals surface area contributed by atoms with Crippen LogP contribution >= 0.6 is 0 Å². The standard InChI is InChI=1S/C9H14N2O5/c1-10(5-7(12)13)9(16)11-4-2-3-6(11)8(14)15/h6H,2-5H2,1H3,(H,12,13)(H,14,15)/t6-/m0/s1. The molecule has 2 N–H and O–H groups in total. The SMILES string of the molecule is CN(CC(=O)O)C(=O)N1CCC[C@H]1C(=O)O. The van der Waals surface area contributed by atoms with Crippen molar-refractivity contribution < 1.29 is 24.6 Å². The molecule has 1 aliphatic rings. The van der Waals surface area contributed by atoms with Gasteiger partial charge < -0.3 is 20.0 Å². The van der Waals surface area contributed by atoms with Gasteiger partial charge in [0, 0.05) is 13.6 Å². The summed E-state index contributed by atoms with van der Waals surface area (Å²) in [6.07, 6.45) is 1.05. The maximum absolute atomic E-state index is 11.7. The fourth-order valence-corrected chi connectivity index (χ4v) is 1.74. The Kier molecular flexibility index (Phi) is 3.70. The van der Waals surface area contributed by atoms with Crippen LogP contribution in [0.1, 0.15) is 12.8 Å². The van der Waals surface area contributed by atoms with Crippen LogP contribution in [-0.2, 0) is 9.59 Å². The van der Waals surface area contributed by atoms with Crippen molar-refractivity contribution in [3.05, 3.63) is 0 Å². The van der Waals surface area contributed by atoms with Gasteiger partial charge in [-0.3, -0.25) is 4.79 Å². The number of urea groups is 1. The highest BCUT2D eigenvalue weighted by atomic mass is 16.4. The van der Waals surface area contributed by atoms with E-state index in [1.807, 2.05) is 0 Å². The van der Waals surface area contributed by atoms with E-state index in [1.54, 1.807) is 0 Å². The molecule has 0 unspecified atom stereocenters. The molecule has 0 aliphatic carbocycles. The van der Waals surface area contributed by atoms with Crippen molar-refractivity contribution in [1.82, 2.24) is 9.80 Å². The molecule has 1 heterocycles. The van der Waals surface area contributed by atoms with Crippen molar-refractivity contribution in [1.29, 1.82) is 0 Å². The zero-order chi connectivity index (χ0) is 12.3. The Morgan fingerprint density at radius 3 is 2.50 bits per heavy atom. The molecule has 0 bridgehead atoms. The predicted octanol–water partition coefficient (Wildman–Crippen LogP) is -0.328. The first-order valence-corrected chi connectivity index (χ1v) is 4.90. The van der Waals surface area contributed by atoms with Gasteiger partial charge in [-0.25, -0.2) is 9.59 Å². The zero-order valence-corrected chi connectivity index (χ0v) is 8.92. The van der Waals surface area contributed by atoms with Crippen LogP contribution in [0.3, 0.4) is 0 Å². The van der Waals surface area contributed by atoms with E-state index in [2.05, 4.69) is 0 Å². The summed E-state index contributed by atoms with van der Waals surface area (Å²) >= 11 is 0. The monoisotopic (exact) mass is 230 g/mol. The molecule has 1 atom stereocenters. The van der Waals surface area contributed by atoms with E-state index in [1.165, 1.54) is 11.9 Å². The third kappa shape index (κ3) is 2.62. The summed E-state index contributed by atoms with van der Waals surface area (Å²) in [6.45, 7) is -0.0680. The van der Waals surface area contributed by atoms with Gasteiger partial charge >= 0.3 is 18.0 Å². The van der Waals surface area contributed by atoms with E-state index in [-0.39, 0.29) is 0 Å². The van der Waals surface area contributed by atoms with E-state index >= 15 is 0 Å². The maximum Gasteiger partial charge on any atom is 0.326 e. The first-order valence-electron chi connectivity index (χ1n) is 4.90. The minimum atomic E-state index is -1.12. The highest BCUT2D eigenvalue weighted by Crippen LogP contribution is 2.18. The number of carboxylic acids is 2.